The lowest BCUT2D eigenvalue weighted by molar-refractivity contribution is -0.693. The highest BCUT2D eigenvalue weighted by Crippen LogP contribution is 2.09. The quantitative estimate of drug-likeness (QED) is 0.619. The molecule has 2 nitrogen and oxygen atoms in total. The van der Waals surface area contributed by atoms with Crippen molar-refractivity contribution in [1.29, 1.82) is 0 Å². The Kier molecular flexibility index (Phi) is 6.54. The Morgan fingerprint density at radius 1 is 1.07 bits per heavy atom. The van der Waals surface area contributed by atoms with Gasteiger partial charge in [-0.3, -0.25) is 0 Å². The van der Waals surface area contributed by atoms with E-state index < -0.39 is 0 Å². The molecule has 0 aliphatic carbocycles. The van der Waals surface area contributed by atoms with E-state index in [1.807, 2.05) is 0 Å². The van der Waals surface area contributed by atoms with E-state index in [0.717, 1.165) is 19.6 Å². The molecule has 0 N–H and O–H groups in total. The first-order valence-corrected chi connectivity index (χ1v) is 5.05. The fraction of sp³-hybridized carbons (Fsp3) is 0.545. The zero-order chi connectivity index (χ0) is 9.68. The maximum absolute atomic E-state index is 2.35. The summed E-state index contributed by atoms with van der Waals surface area (Å²) in [4.78, 5) is 2.35. The van der Waals surface area contributed by atoms with Gasteiger partial charge in [0.25, 0.3) is 0 Å². The first kappa shape index (κ1) is 13.4. The Hall–Kier alpha value is -0.570. The zero-order valence-corrected chi connectivity index (χ0v) is 10.8. The Morgan fingerprint density at radius 3 is 1.93 bits per heavy atom. The van der Waals surface area contributed by atoms with Crippen molar-refractivity contribution < 1.29 is 21.5 Å². The Labute approximate surface area is 97.3 Å². The van der Waals surface area contributed by atoms with Crippen LogP contribution in [0.2, 0.25) is 0 Å². The van der Waals surface area contributed by atoms with E-state index in [9.17, 15) is 0 Å². The van der Waals surface area contributed by atoms with Crippen molar-refractivity contribution in [1.82, 2.24) is 0 Å². The minimum atomic E-state index is 0. The molecule has 0 saturated heterocycles. The van der Waals surface area contributed by atoms with E-state index in [2.05, 4.69) is 54.8 Å². The smallest absolute Gasteiger partial charge is 0.170 e. The highest BCUT2D eigenvalue weighted by Gasteiger charge is 2.02. The van der Waals surface area contributed by atoms with Crippen LogP contribution in [-0.2, 0) is 6.54 Å². The van der Waals surface area contributed by atoms with Crippen LogP contribution in [0.4, 0.5) is 5.69 Å². The summed E-state index contributed by atoms with van der Waals surface area (Å²) in [6, 6.07) is 4.35. The van der Waals surface area contributed by atoms with E-state index in [1.165, 1.54) is 5.69 Å². The van der Waals surface area contributed by atoms with Crippen molar-refractivity contribution in [3.8, 4) is 0 Å². The van der Waals surface area contributed by atoms with Crippen LogP contribution < -0.4 is 26.4 Å². The van der Waals surface area contributed by atoms with Gasteiger partial charge in [-0.2, -0.15) is 0 Å². The SMILES string of the molecule is CCN(CC)c1cc[n+](CC)cc1.[Br-]. The summed E-state index contributed by atoms with van der Waals surface area (Å²) >= 11 is 0. The Morgan fingerprint density at radius 2 is 1.57 bits per heavy atom. The maximum Gasteiger partial charge on any atom is 0.170 e. The lowest BCUT2D eigenvalue weighted by Crippen LogP contribution is -3.00. The largest absolute Gasteiger partial charge is 1.00 e. The van der Waals surface area contributed by atoms with E-state index in [4.69, 9.17) is 0 Å². The topological polar surface area (TPSA) is 7.12 Å². The number of aryl methyl sites for hydroxylation is 1. The molecule has 1 aromatic rings. The number of halogens is 1. The van der Waals surface area contributed by atoms with E-state index in [1.54, 1.807) is 0 Å². The molecule has 0 radical (unpaired) electrons. The molecule has 1 rings (SSSR count). The maximum atomic E-state index is 2.35. The van der Waals surface area contributed by atoms with E-state index in [-0.39, 0.29) is 17.0 Å². The van der Waals surface area contributed by atoms with Gasteiger partial charge in [0.2, 0.25) is 0 Å². The van der Waals surface area contributed by atoms with Crippen LogP contribution in [0, 0.1) is 0 Å². The van der Waals surface area contributed by atoms with Crippen molar-refractivity contribution in [2.75, 3.05) is 18.0 Å². The van der Waals surface area contributed by atoms with Gasteiger partial charge >= 0.3 is 0 Å². The van der Waals surface area contributed by atoms with Gasteiger partial charge in [-0.05, 0) is 20.8 Å². The second-order valence-corrected chi connectivity index (χ2v) is 3.06. The predicted molar refractivity (Wildman–Crippen MR) is 55.9 cm³/mol. The minimum absolute atomic E-state index is 0. The summed E-state index contributed by atoms with van der Waals surface area (Å²) in [5.74, 6) is 0. The molecule has 0 aromatic carbocycles. The van der Waals surface area contributed by atoms with Crippen LogP contribution in [0.5, 0.6) is 0 Å². The minimum Gasteiger partial charge on any atom is -1.00 e. The van der Waals surface area contributed by atoms with E-state index in [0.29, 0.717) is 0 Å². The molecular formula is C11H19BrN2. The second-order valence-electron chi connectivity index (χ2n) is 3.06. The highest BCUT2D eigenvalue weighted by molar-refractivity contribution is 5.43. The molecular weight excluding hydrogens is 240 g/mol. The molecule has 0 saturated carbocycles. The molecule has 0 amide bonds. The molecule has 14 heavy (non-hydrogen) atoms. The van der Waals surface area contributed by atoms with Crippen molar-refractivity contribution in [3.63, 3.8) is 0 Å². The molecule has 80 valence electrons. The third kappa shape index (κ3) is 3.29. The number of pyridine rings is 1. The van der Waals surface area contributed by atoms with Gasteiger partial charge in [0.1, 0.15) is 6.54 Å². The predicted octanol–water partition coefficient (Wildman–Crippen LogP) is -1.16. The molecule has 0 fully saturated rings. The third-order valence-corrected chi connectivity index (χ3v) is 2.37. The Bertz CT molecular complexity index is 242. The standard InChI is InChI=1S/C11H19N2.BrH/c1-4-12-9-7-11(8-10-12)13(5-2)6-3;/h7-10H,4-6H2,1-3H3;1H/q+1;/p-1. The second kappa shape index (κ2) is 6.82. The van der Waals surface area contributed by atoms with Crippen LogP contribution in [0.15, 0.2) is 24.5 Å². The molecule has 0 spiro atoms. The molecule has 0 aliphatic heterocycles. The van der Waals surface area contributed by atoms with Crippen LogP contribution in [-0.4, -0.2) is 13.1 Å². The number of aromatic nitrogens is 1. The number of hydrogen-bond donors (Lipinski definition) is 0. The lowest BCUT2D eigenvalue weighted by Gasteiger charge is -2.19. The first-order valence-electron chi connectivity index (χ1n) is 5.05. The van der Waals surface area contributed by atoms with Crippen LogP contribution >= 0.6 is 0 Å². The highest BCUT2D eigenvalue weighted by atomic mass is 79.9. The van der Waals surface area contributed by atoms with Crippen LogP contribution in [0.25, 0.3) is 0 Å². The number of hydrogen-bond acceptors (Lipinski definition) is 1. The number of rotatable bonds is 4. The fourth-order valence-electron chi connectivity index (χ4n) is 1.46. The van der Waals surface area contributed by atoms with Crippen LogP contribution in [0.3, 0.4) is 0 Å². The van der Waals surface area contributed by atoms with Gasteiger partial charge in [0.15, 0.2) is 12.4 Å². The summed E-state index contributed by atoms with van der Waals surface area (Å²) in [5, 5.41) is 0. The van der Waals surface area contributed by atoms with Crippen molar-refractivity contribution in [3.05, 3.63) is 24.5 Å². The molecule has 0 unspecified atom stereocenters. The summed E-state index contributed by atoms with van der Waals surface area (Å²) in [5.41, 5.74) is 1.31. The molecule has 0 atom stereocenters. The average Bonchev–Trinajstić information content (AvgIpc) is 2.21. The monoisotopic (exact) mass is 258 g/mol. The molecule has 1 aromatic heterocycles. The molecule has 0 aliphatic rings. The van der Waals surface area contributed by atoms with Crippen molar-refractivity contribution in [2.24, 2.45) is 0 Å². The summed E-state index contributed by atoms with van der Waals surface area (Å²) in [7, 11) is 0. The van der Waals surface area contributed by atoms with Gasteiger partial charge < -0.3 is 21.9 Å². The fourth-order valence-corrected chi connectivity index (χ4v) is 1.46. The van der Waals surface area contributed by atoms with Gasteiger partial charge in [0.05, 0.1) is 0 Å². The molecule has 3 heteroatoms. The van der Waals surface area contributed by atoms with Crippen molar-refractivity contribution >= 4 is 5.69 Å². The first-order chi connectivity index (χ1) is 6.31. The number of nitrogens with zero attached hydrogens (tertiary/aromatic N) is 2. The van der Waals surface area contributed by atoms with Gasteiger partial charge in [-0.25, -0.2) is 4.57 Å². The van der Waals surface area contributed by atoms with Gasteiger partial charge in [0, 0.05) is 30.9 Å². The third-order valence-electron chi connectivity index (χ3n) is 2.37. The van der Waals surface area contributed by atoms with E-state index >= 15 is 0 Å². The van der Waals surface area contributed by atoms with Crippen LogP contribution in [0.1, 0.15) is 20.8 Å². The Balaban J connectivity index is 0.00000169. The number of anilines is 1. The zero-order valence-electron chi connectivity index (χ0n) is 9.20. The van der Waals surface area contributed by atoms with Gasteiger partial charge in [-0.1, -0.05) is 0 Å². The molecule has 0 bridgehead atoms. The van der Waals surface area contributed by atoms with Gasteiger partial charge in [-0.15, -0.1) is 0 Å². The summed E-state index contributed by atoms with van der Waals surface area (Å²) < 4.78 is 2.17. The summed E-state index contributed by atoms with van der Waals surface area (Å²) in [6.45, 7) is 9.71. The lowest BCUT2D eigenvalue weighted by atomic mass is 10.3. The molecule has 1 heterocycles. The summed E-state index contributed by atoms with van der Waals surface area (Å²) in [6.07, 6.45) is 4.27. The average molecular weight is 259 g/mol. The van der Waals surface area contributed by atoms with Crippen molar-refractivity contribution in [2.45, 2.75) is 27.3 Å². The normalized spacial score (nSPS) is 9.36.